The second-order valence-corrected chi connectivity index (χ2v) is 4.73. The van der Waals surface area contributed by atoms with Crippen LogP contribution in [0.5, 0.6) is 17.2 Å². The third-order valence-electron chi connectivity index (χ3n) is 3.24. The molecule has 1 aromatic rings. The zero-order valence-electron chi connectivity index (χ0n) is 13.3. The van der Waals surface area contributed by atoms with Crippen molar-refractivity contribution in [2.75, 3.05) is 27.9 Å². The van der Waals surface area contributed by atoms with E-state index in [2.05, 4.69) is 12.2 Å². The number of nitrogens with one attached hydrogen (secondary N) is 1. The van der Waals surface area contributed by atoms with E-state index in [-0.39, 0.29) is 5.91 Å². The highest BCUT2D eigenvalue weighted by atomic mass is 16.5. The van der Waals surface area contributed by atoms with Crippen LogP contribution in [-0.4, -0.2) is 33.8 Å². The van der Waals surface area contributed by atoms with Crippen molar-refractivity contribution in [1.82, 2.24) is 5.32 Å². The van der Waals surface area contributed by atoms with Crippen LogP contribution in [0.2, 0.25) is 0 Å². The topological polar surface area (TPSA) is 56.8 Å². The van der Waals surface area contributed by atoms with E-state index in [1.54, 1.807) is 12.1 Å². The maximum absolute atomic E-state index is 12.2. The van der Waals surface area contributed by atoms with Gasteiger partial charge >= 0.3 is 0 Å². The van der Waals surface area contributed by atoms with Gasteiger partial charge in [-0.3, -0.25) is 4.79 Å². The van der Waals surface area contributed by atoms with Crippen LogP contribution in [0.3, 0.4) is 0 Å². The molecule has 5 heteroatoms. The van der Waals surface area contributed by atoms with Crippen LogP contribution >= 0.6 is 0 Å². The fraction of sp³-hybridized carbons (Fsp3) is 0.562. The number of benzene rings is 1. The summed E-state index contributed by atoms with van der Waals surface area (Å²) in [7, 11) is 4.60. The second-order valence-electron chi connectivity index (χ2n) is 4.73. The van der Waals surface area contributed by atoms with Crippen LogP contribution in [0.1, 0.15) is 43.0 Å². The van der Waals surface area contributed by atoms with Gasteiger partial charge in [-0.05, 0) is 18.6 Å². The van der Waals surface area contributed by atoms with E-state index in [9.17, 15) is 4.79 Å². The van der Waals surface area contributed by atoms with Crippen LogP contribution in [0.4, 0.5) is 0 Å². The number of methoxy groups -OCH3 is 3. The average Bonchev–Trinajstić information content (AvgIpc) is 2.52. The van der Waals surface area contributed by atoms with Crippen molar-refractivity contribution < 1.29 is 19.0 Å². The van der Waals surface area contributed by atoms with Crippen LogP contribution in [0.15, 0.2) is 12.1 Å². The molecule has 1 rings (SSSR count). The zero-order valence-corrected chi connectivity index (χ0v) is 13.3. The van der Waals surface area contributed by atoms with Crippen molar-refractivity contribution in [3.63, 3.8) is 0 Å². The number of rotatable bonds is 9. The molecule has 118 valence electrons. The molecule has 1 amide bonds. The molecular formula is C16H25NO4. The Balaban J connectivity index is 2.75. The summed E-state index contributed by atoms with van der Waals surface area (Å²) in [6.45, 7) is 2.84. The first-order chi connectivity index (χ1) is 10.2. The zero-order chi connectivity index (χ0) is 15.7. The largest absolute Gasteiger partial charge is 0.493 e. The van der Waals surface area contributed by atoms with Crippen molar-refractivity contribution in [3.05, 3.63) is 17.7 Å². The van der Waals surface area contributed by atoms with Crippen LogP contribution in [0.25, 0.3) is 0 Å². The van der Waals surface area contributed by atoms with Gasteiger partial charge in [0.25, 0.3) is 5.91 Å². The molecule has 1 aromatic carbocycles. The Labute approximate surface area is 126 Å². The van der Waals surface area contributed by atoms with Crippen LogP contribution < -0.4 is 19.5 Å². The van der Waals surface area contributed by atoms with Gasteiger partial charge in [0.15, 0.2) is 11.5 Å². The molecule has 0 atom stereocenters. The number of carbonyl (C=O) groups is 1. The molecule has 0 spiro atoms. The normalized spacial score (nSPS) is 10.1. The standard InChI is InChI=1S/C16H25NO4/c1-5-6-7-8-9-17-16(18)12-10-13(19-2)15(21-4)14(11-12)20-3/h10-11H,5-9H2,1-4H3,(H,17,18). The third kappa shape index (κ3) is 4.85. The molecule has 0 heterocycles. The summed E-state index contributed by atoms with van der Waals surface area (Å²) in [4.78, 5) is 12.2. The first kappa shape index (κ1) is 17.1. The molecule has 0 radical (unpaired) electrons. The highest BCUT2D eigenvalue weighted by Gasteiger charge is 2.16. The fourth-order valence-electron chi connectivity index (χ4n) is 2.07. The monoisotopic (exact) mass is 295 g/mol. The van der Waals surface area contributed by atoms with E-state index in [1.165, 1.54) is 34.2 Å². The SMILES string of the molecule is CCCCCCNC(=O)c1cc(OC)c(OC)c(OC)c1. The number of hydrogen-bond donors (Lipinski definition) is 1. The lowest BCUT2D eigenvalue weighted by atomic mass is 10.1. The molecule has 0 aliphatic rings. The van der Waals surface area contributed by atoms with Gasteiger partial charge < -0.3 is 19.5 Å². The summed E-state index contributed by atoms with van der Waals surface area (Å²) >= 11 is 0. The molecule has 21 heavy (non-hydrogen) atoms. The first-order valence-corrected chi connectivity index (χ1v) is 7.26. The lowest BCUT2D eigenvalue weighted by Gasteiger charge is -2.14. The van der Waals surface area contributed by atoms with Crippen molar-refractivity contribution in [1.29, 1.82) is 0 Å². The molecule has 0 unspecified atom stereocenters. The second kappa shape index (κ2) is 9.10. The Morgan fingerprint density at radius 3 is 2.10 bits per heavy atom. The molecule has 0 aromatic heterocycles. The van der Waals surface area contributed by atoms with Gasteiger partial charge in [0.1, 0.15) is 0 Å². The number of unbranched alkanes of at least 4 members (excludes halogenated alkanes) is 3. The number of ether oxygens (including phenoxy) is 3. The summed E-state index contributed by atoms with van der Waals surface area (Å²) < 4.78 is 15.7. The maximum Gasteiger partial charge on any atom is 0.251 e. The van der Waals surface area contributed by atoms with Crippen molar-refractivity contribution in [3.8, 4) is 17.2 Å². The molecule has 1 N–H and O–H groups in total. The van der Waals surface area contributed by atoms with Gasteiger partial charge in [0, 0.05) is 12.1 Å². The smallest absolute Gasteiger partial charge is 0.251 e. The summed E-state index contributed by atoms with van der Waals surface area (Å²) in [5, 5.41) is 2.91. The van der Waals surface area contributed by atoms with E-state index < -0.39 is 0 Å². The van der Waals surface area contributed by atoms with Gasteiger partial charge in [-0.1, -0.05) is 26.2 Å². The van der Waals surface area contributed by atoms with Gasteiger partial charge in [-0.25, -0.2) is 0 Å². The van der Waals surface area contributed by atoms with E-state index in [0.717, 1.165) is 12.8 Å². The van der Waals surface area contributed by atoms with E-state index in [0.29, 0.717) is 29.4 Å². The number of carbonyl (C=O) groups excluding carboxylic acids is 1. The Morgan fingerprint density at radius 2 is 1.62 bits per heavy atom. The fourth-order valence-corrected chi connectivity index (χ4v) is 2.07. The maximum atomic E-state index is 12.2. The molecule has 0 aliphatic carbocycles. The quantitative estimate of drug-likeness (QED) is 0.711. The minimum Gasteiger partial charge on any atom is -0.493 e. The minimum atomic E-state index is -0.134. The Morgan fingerprint density at radius 1 is 1.00 bits per heavy atom. The van der Waals surface area contributed by atoms with Crippen LogP contribution in [-0.2, 0) is 0 Å². The molecule has 0 aliphatic heterocycles. The van der Waals surface area contributed by atoms with E-state index in [4.69, 9.17) is 14.2 Å². The van der Waals surface area contributed by atoms with E-state index in [1.807, 2.05) is 0 Å². The highest BCUT2D eigenvalue weighted by molar-refractivity contribution is 5.95. The van der Waals surface area contributed by atoms with Crippen molar-refractivity contribution >= 4 is 5.91 Å². The minimum absolute atomic E-state index is 0.134. The third-order valence-corrected chi connectivity index (χ3v) is 3.24. The lowest BCUT2D eigenvalue weighted by Crippen LogP contribution is -2.24. The molecule has 0 fully saturated rings. The summed E-state index contributed by atoms with van der Waals surface area (Å²) in [5.41, 5.74) is 0.500. The summed E-state index contributed by atoms with van der Waals surface area (Å²) in [6.07, 6.45) is 4.50. The molecular weight excluding hydrogens is 270 g/mol. The Bertz CT molecular complexity index is 435. The predicted octanol–water partition coefficient (Wildman–Crippen LogP) is 3.02. The Hall–Kier alpha value is -1.91. The number of hydrogen-bond acceptors (Lipinski definition) is 4. The molecule has 0 saturated heterocycles. The molecule has 0 saturated carbocycles. The van der Waals surface area contributed by atoms with Gasteiger partial charge in [-0.2, -0.15) is 0 Å². The first-order valence-electron chi connectivity index (χ1n) is 7.26. The summed E-state index contributed by atoms with van der Waals surface area (Å²) in [6, 6.07) is 3.31. The van der Waals surface area contributed by atoms with Gasteiger partial charge in [0.05, 0.1) is 21.3 Å². The number of amides is 1. The molecule has 5 nitrogen and oxygen atoms in total. The van der Waals surface area contributed by atoms with Crippen molar-refractivity contribution in [2.45, 2.75) is 32.6 Å². The van der Waals surface area contributed by atoms with Crippen LogP contribution in [0, 0.1) is 0 Å². The van der Waals surface area contributed by atoms with Gasteiger partial charge in [0.2, 0.25) is 5.75 Å². The summed E-state index contributed by atoms with van der Waals surface area (Å²) in [5.74, 6) is 1.31. The van der Waals surface area contributed by atoms with E-state index >= 15 is 0 Å². The Kier molecular flexibility index (Phi) is 7.43. The van der Waals surface area contributed by atoms with Gasteiger partial charge in [-0.15, -0.1) is 0 Å². The predicted molar refractivity (Wildman–Crippen MR) is 82.6 cm³/mol. The highest BCUT2D eigenvalue weighted by Crippen LogP contribution is 2.38. The molecule has 0 bridgehead atoms. The average molecular weight is 295 g/mol. The lowest BCUT2D eigenvalue weighted by molar-refractivity contribution is 0.0952. The van der Waals surface area contributed by atoms with Crippen molar-refractivity contribution in [2.24, 2.45) is 0 Å².